The van der Waals surface area contributed by atoms with Gasteiger partial charge in [-0.2, -0.15) is 5.10 Å². The average Bonchev–Trinajstić information content (AvgIpc) is 3.12. The SMILES string of the molecule is CCOc1ccc(NCC(=O)NN=Cc2ccc3c(c2)c2ccccc2n3CC)cc1. The molecule has 3 aromatic carbocycles. The van der Waals surface area contributed by atoms with Gasteiger partial charge in [-0.05, 0) is 61.9 Å². The van der Waals surface area contributed by atoms with Crippen LogP contribution in [0, 0.1) is 0 Å². The van der Waals surface area contributed by atoms with Gasteiger partial charge in [0.05, 0.1) is 19.4 Å². The zero-order valence-electron chi connectivity index (χ0n) is 17.8. The number of benzene rings is 3. The van der Waals surface area contributed by atoms with Gasteiger partial charge in [0, 0.05) is 34.0 Å². The molecule has 0 saturated heterocycles. The second-order valence-corrected chi connectivity index (χ2v) is 7.14. The zero-order valence-corrected chi connectivity index (χ0v) is 17.8. The predicted octanol–water partition coefficient (Wildman–Crippen LogP) is 4.78. The summed E-state index contributed by atoms with van der Waals surface area (Å²) >= 11 is 0. The lowest BCUT2D eigenvalue weighted by molar-refractivity contribution is -0.119. The van der Waals surface area contributed by atoms with Gasteiger partial charge in [-0.15, -0.1) is 0 Å². The number of ether oxygens (including phenoxy) is 1. The highest BCUT2D eigenvalue weighted by atomic mass is 16.5. The number of carbonyl (C=O) groups is 1. The number of rotatable bonds is 8. The lowest BCUT2D eigenvalue weighted by Gasteiger charge is -2.07. The second-order valence-electron chi connectivity index (χ2n) is 7.14. The quantitative estimate of drug-likeness (QED) is 0.322. The summed E-state index contributed by atoms with van der Waals surface area (Å²) in [7, 11) is 0. The highest BCUT2D eigenvalue weighted by Gasteiger charge is 2.09. The van der Waals surface area contributed by atoms with Crippen LogP contribution in [0.25, 0.3) is 21.8 Å². The van der Waals surface area contributed by atoms with Crippen LogP contribution < -0.4 is 15.5 Å². The van der Waals surface area contributed by atoms with Crippen molar-refractivity contribution >= 4 is 39.6 Å². The van der Waals surface area contributed by atoms with Crippen LogP contribution in [0.4, 0.5) is 5.69 Å². The fraction of sp³-hybridized carbons (Fsp3) is 0.200. The van der Waals surface area contributed by atoms with Crippen LogP contribution in [-0.2, 0) is 11.3 Å². The Morgan fingerprint density at radius 2 is 1.77 bits per heavy atom. The van der Waals surface area contributed by atoms with Gasteiger partial charge in [0.1, 0.15) is 5.75 Å². The fourth-order valence-electron chi connectivity index (χ4n) is 3.73. The standard InChI is InChI=1S/C25H26N4O2/c1-3-29-23-8-6-5-7-21(23)22-15-18(9-14-24(22)29)16-27-28-25(30)17-26-19-10-12-20(13-11-19)31-4-2/h5-16,26H,3-4,17H2,1-2H3,(H,28,30). The Kier molecular flexibility index (Phi) is 6.17. The summed E-state index contributed by atoms with van der Waals surface area (Å²) in [6, 6.07) is 22.1. The number of carbonyl (C=O) groups excluding carboxylic acids is 1. The van der Waals surface area contributed by atoms with Gasteiger partial charge in [0.2, 0.25) is 0 Å². The first-order valence-electron chi connectivity index (χ1n) is 10.5. The van der Waals surface area contributed by atoms with Crippen molar-refractivity contribution in [3.63, 3.8) is 0 Å². The van der Waals surface area contributed by atoms with E-state index in [0.29, 0.717) is 6.61 Å². The monoisotopic (exact) mass is 414 g/mol. The van der Waals surface area contributed by atoms with Gasteiger partial charge < -0.3 is 14.6 Å². The van der Waals surface area contributed by atoms with Gasteiger partial charge in [-0.3, -0.25) is 4.79 Å². The molecule has 0 aliphatic heterocycles. The Balaban J connectivity index is 1.39. The smallest absolute Gasteiger partial charge is 0.259 e. The molecule has 1 heterocycles. The summed E-state index contributed by atoms with van der Waals surface area (Å²) in [5.74, 6) is 0.593. The van der Waals surface area contributed by atoms with Gasteiger partial charge in [-0.25, -0.2) is 5.43 Å². The molecule has 4 aromatic rings. The molecule has 0 saturated carbocycles. The van der Waals surface area contributed by atoms with E-state index >= 15 is 0 Å². The van der Waals surface area contributed by atoms with Gasteiger partial charge in [0.15, 0.2) is 0 Å². The van der Waals surface area contributed by atoms with Crippen LogP contribution in [0.2, 0.25) is 0 Å². The maximum absolute atomic E-state index is 12.1. The van der Waals surface area contributed by atoms with E-state index in [1.165, 1.54) is 21.8 Å². The fourth-order valence-corrected chi connectivity index (χ4v) is 3.73. The van der Waals surface area contributed by atoms with Crippen LogP contribution in [-0.4, -0.2) is 29.8 Å². The molecule has 6 heteroatoms. The largest absolute Gasteiger partial charge is 0.494 e. The number of hydrazone groups is 1. The van der Waals surface area contributed by atoms with Crippen LogP contribution in [0.5, 0.6) is 5.75 Å². The molecule has 4 rings (SSSR count). The number of nitrogens with zero attached hydrogens (tertiary/aromatic N) is 2. The molecular formula is C25H26N4O2. The van der Waals surface area contributed by atoms with Crippen molar-refractivity contribution in [1.29, 1.82) is 0 Å². The molecule has 0 radical (unpaired) electrons. The van der Waals surface area contributed by atoms with Crippen molar-refractivity contribution in [3.05, 3.63) is 72.3 Å². The van der Waals surface area contributed by atoms with E-state index in [4.69, 9.17) is 4.74 Å². The Bertz CT molecular complexity index is 1230. The van der Waals surface area contributed by atoms with Gasteiger partial charge in [0.25, 0.3) is 5.91 Å². The van der Waals surface area contributed by atoms with Gasteiger partial charge >= 0.3 is 0 Å². The number of fused-ring (bicyclic) bond motifs is 3. The van der Waals surface area contributed by atoms with Crippen molar-refractivity contribution in [1.82, 2.24) is 9.99 Å². The van der Waals surface area contributed by atoms with E-state index in [-0.39, 0.29) is 12.5 Å². The lowest BCUT2D eigenvalue weighted by Crippen LogP contribution is -2.25. The number of nitrogens with one attached hydrogen (secondary N) is 2. The van der Waals surface area contributed by atoms with Crippen LogP contribution in [0.3, 0.4) is 0 Å². The minimum atomic E-state index is -0.214. The molecule has 31 heavy (non-hydrogen) atoms. The molecule has 0 fully saturated rings. The first-order chi connectivity index (χ1) is 15.2. The Hall–Kier alpha value is -3.80. The van der Waals surface area contributed by atoms with Crippen LogP contribution in [0.1, 0.15) is 19.4 Å². The predicted molar refractivity (Wildman–Crippen MR) is 127 cm³/mol. The summed E-state index contributed by atoms with van der Waals surface area (Å²) in [4.78, 5) is 12.1. The molecule has 0 aliphatic rings. The molecule has 0 aliphatic carbocycles. The molecule has 0 bridgehead atoms. The van der Waals surface area contributed by atoms with E-state index in [1.807, 2.05) is 37.3 Å². The highest BCUT2D eigenvalue weighted by molar-refractivity contribution is 6.09. The molecule has 0 atom stereocenters. The summed E-state index contributed by atoms with van der Waals surface area (Å²) in [5.41, 5.74) is 6.78. The van der Waals surface area contributed by atoms with E-state index < -0.39 is 0 Å². The molecular weight excluding hydrogens is 388 g/mol. The minimum Gasteiger partial charge on any atom is -0.494 e. The third-order valence-corrected chi connectivity index (χ3v) is 5.13. The summed E-state index contributed by atoms with van der Waals surface area (Å²) in [5, 5.41) is 9.59. The number of aromatic nitrogens is 1. The maximum atomic E-state index is 12.1. The lowest BCUT2D eigenvalue weighted by atomic mass is 10.1. The molecule has 158 valence electrons. The van der Waals surface area contributed by atoms with Crippen molar-refractivity contribution in [3.8, 4) is 5.75 Å². The first kappa shape index (κ1) is 20.5. The molecule has 2 N–H and O–H groups in total. The minimum absolute atomic E-state index is 0.133. The van der Waals surface area contributed by atoms with Crippen molar-refractivity contribution in [2.75, 3.05) is 18.5 Å². The third-order valence-electron chi connectivity index (χ3n) is 5.13. The number of hydrogen-bond donors (Lipinski definition) is 2. The number of amides is 1. The van der Waals surface area contributed by atoms with E-state index in [0.717, 1.165) is 23.5 Å². The van der Waals surface area contributed by atoms with Crippen molar-refractivity contribution < 1.29 is 9.53 Å². The van der Waals surface area contributed by atoms with Crippen molar-refractivity contribution in [2.24, 2.45) is 5.10 Å². The van der Waals surface area contributed by atoms with E-state index in [1.54, 1.807) is 6.21 Å². The van der Waals surface area contributed by atoms with Crippen molar-refractivity contribution in [2.45, 2.75) is 20.4 Å². The number of anilines is 1. The van der Waals surface area contributed by atoms with Gasteiger partial charge in [-0.1, -0.05) is 24.3 Å². The summed E-state index contributed by atoms with van der Waals surface area (Å²) in [6.07, 6.45) is 1.67. The number of para-hydroxylation sites is 1. The molecule has 6 nitrogen and oxygen atoms in total. The topological polar surface area (TPSA) is 67.7 Å². The number of hydrogen-bond acceptors (Lipinski definition) is 4. The Morgan fingerprint density at radius 1 is 1.00 bits per heavy atom. The maximum Gasteiger partial charge on any atom is 0.259 e. The molecule has 0 unspecified atom stereocenters. The van der Waals surface area contributed by atoms with E-state index in [9.17, 15) is 4.79 Å². The number of aryl methyl sites for hydroxylation is 1. The Labute approximate surface area is 181 Å². The summed E-state index contributed by atoms with van der Waals surface area (Å²) < 4.78 is 7.72. The molecule has 1 aromatic heterocycles. The third kappa shape index (κ3) is 4.53. The first-order valence-corrected chi connectivity index (χ1v) is 10.5. The molecule has 0 spiro atoms. The van der Waals surface area contributed by atoms with Crippen LogP contribution >= 0.6 is 0 Å². The molecule has 1 amide bonds. The normalized spacial score (nSPS) is 11.3. The average molecular weight is 415 g/mol. The second kappa shape index (κ2) is 9.34. The Morgan fingerprint density at radius 3 is 2.55 bits per heavy atom. The summed E-state index contributed by atoms with van der Waals surface area (Å²) in [6.45, 7) is 5.76. The van der Waals surface area contributed by atoms with E-state index in [2.05, 4.69) is 63.7 Å². The zero-order chi connectivity index (χ0) is 21.6. The van der Waals surface area contributed by atoms with Crippen LogP contribution in [0.15, 0.2) is 71.8 Å². The highest BCUT2D eigenvalue weighted by Crippen LogP contribution is 2.29.